The monoisotopic (exact) mass is 308 g/mol. The van der Waals surface area contributed by atoms with Crippen molar-refractivity contribution < 1.29 is 19.1 Å². The molecule has 1 aromatic heterocycles. The Labute approximate surface area is 131 Å². The van der Waals surface area contributed by atoms with Gasteiger partial charge in [-0.25, -0.2) is 0 Å². The Kier molecular flexibility index (Phi) is 7.70. The van der Waals surface area contributed by atoms with Crippen LogP contribution >= 0.6 is 0 Å². The minimum atomic E-state index is -1.14. The summed E-state index contributed by atoms with van der Waals surface area (Å²) in [5.74, 6) is -2.19. The lowest BCUT2D eigenvalue weighted by Gasteiger charge is -2.33. The molecule has 6 nitrogen and oxygen atoms in total. The highest BCUT2D eigenvalue weighted by molar-refractivity contribution is 6.36. The number of carbonyl (C=O) groups excluding carboxylic acids is 2. The molecule has 1 rings (SSSR count). The van der Waals surface area contributed by atoms with Gasteiger partial charge < -0.3 is 14.8 Å². The minimum Gasteiger partial charge on any atom is -0.345 e. The first-order valence-electron chi connectivity index (χ1n) is 7.59. The first-order chi connectivity index (χ1) is 10.6. The van der Waals surface area contributed by atoms with Gasteiger partial charge in [-0.3, -0.25) is 14.6 Å². The Morgan fingerprint density at radius 2 is 1.91 bits per heavy atom. The molecule has 1 N–H and O–H groups in total. The van der Waals surface area contributed by atoms with E-state index in [1.807, 2.05) is 26.8 Å². The first-order valence-corrected chi connectivity index (χ1v) is 7.59. The summed E-state index contributed by atoms with van der Waals surface area (Å²) in [4.78, 5) is 27.5. The standard InChI is InChI=1S/C16H24N2O4/c1-4-8-14(19)15(20)18-12-16(21-5-2,22-6-3)13-9-7-10-17-11-13/h7,9-11H,4-6,8,12H2,1-3H3,(H,18,20). The highest BCUT2D eigenvalue weighted by atomic mass is 16.7. The van der Waals surface area contributed by atoms with Gasteiger partial charge in [-0.1, -0.05) is 13.0 Å². The predicted molar refractivity (Wildman–Crippen MR) is 82.1 cm³/mol. The maximum Gasteiger partial charge on any atom is 0.287 e. The average molecular weight is 308 g/mol. The molecule has 0 aliphatic rings. The maximum absolute atomic E-state index is 11.8. The molecule has 22 heavy (non-hydrogen) atoms. The van der Waals surface area contributed by atoms with E-state index < -0.39 is 17.5 Å². The summed E-state index contributed by atoms with van der Waals surface area (Å²) >= 11 is 0. The largest absolute Gasteiger partial charge is 0.345 e. The number of aromatic nitrogens is 1. The maximum atomic E-state index is 11.8. The summed E-state index contributed by atoms with van der Waals surface area (Å²) in [5.41, 5.74) is 0.696. The number of nitrogens with one attached hydrogen (secondary N) is 1. The molecule has 0 aliphatic heterocycles. The first kappa shape index (κ1) is 18.3. The lowest BCUT2D eigenvalue weighted by molar-refractivity contribution is -0.239. The van der Waals surface area contributed by atoms with Crippen LogP contribution in [0.5, 0.6) is 0 Å². The summed E-state index contributed by atoms with van der Waals surface area (Å²) in [6.07, 6.45) is 4.15. The molecule has 0 saturated heterocycles. The molecule has 0 fully saturated rings. The van der Waals surface area contributed by atoms with E-state index in [1.165, 1.54) is 0 Å². The molecule has 122 valence electrons. The molecule has 0 aromatic carbocycles. The van der Waals surface area contributed by atoms with Gasteiger partial charge in [0.1, 0.15) is 0 Å². The van der Waals surface area contributed by atoms with Crippen LogP contribution in [-0.2, 0) is 24.8 Å². The highest BCUT2D eigenvalue weighted by Crippen LogP contribution is 2.26. The Hall–Kier alpha value is -1.79. The van der Waals surface area contributed by atoms with Crippen LogP contribution in [0.4, 0.5) is 0 Å². The SMILES string of the molecule is CCCC(=O)C(=O)NCC(OCC)(OCC)c1cccnc1. The summed E-state index contributed by atoms with van der Waals surface area (Å²) in [6.45, 7) is 6.38. The van der Waals surface area contributed by atoms with E-state index in [0.29, 0.717) is 25.2 Å². The van der Waals surface area contributed by atoms with E-state index in [4.69, 9.17) is 9.47 Å². The van der Waals surface area contributed by atoms with Gasteiger partial charge in [0.25, 0.3) is 5.91 Å². The number of nitrogens with zero attached hydrogens (tertiary/aromatic N) is 1. The molecule has 1 aromatic rings. The van der Waals surface area contributed by atoms with Crippen LogP contribution in [0.1, 0.15) is 39.2 Å². The predicted octanol–water partition coefficient (Wildman–Crippen LogP) is 1.79. The molecule has 0 radical (unpaired) electrons. The molecule has 1 amide bonds. The molecule has 0 saturated carbocycles. The van der Waals surface area contributed by atoms with E-state index in [0.717, 1.165) is 0 Å². The van der Waals surface area contributed by atoms with Gasteiger partial charge in [-0.15, -0.1) is 0 Å². The van der Waals surface area contributed by atoms with Gasteiger partial charge in [0.05, 0.1) is 6.54 Å². The van der Waals surface area contributed by atoms with Crippen LogP contribution in [0.3, 0.4) is 0 Å². The Morgan fingerprint density at radius 1 is 1.23 bits per heavy atom. The summed E-state index contributed by atoms with van der Waals surface area (Å²) < 4.78 is 11.5. The van der Waals surface area contributed by atoms with Gasteiger partial charge in [-0.2, -0.15) is 0 Å². The minimum absolute atomic E-state index is 0.0503. The number of ether oxygens (including phenoxy) is 2. The molecular weight excluding hydrogens is 284 g/mol. The second kappa shape index (κ2) is 9.27. The van der Waals surface area contributed by atoms with Crippen molar-refractivity contribution in [2.24, 2.45) is 0 Å². The fourth-order valence-corrected chi connectivity index (χ4v) is 2.10. The highest BCUT2D eigenvalue weighted by Gasteiger charge is 2.35. The number of hydrogen-bond donors (Lipinski definition) is 1. The van der Waals surface area contributed by atoms with Crippen LogP contribution in [-0.4, -0.2) is 36.4 Å². The van der Waals surface area contributed by atoms with Gasteiger partial charge in [0.15, 0.2) is 0 Å². The molecule has 0 bridgehead atoms. The molecule has 1 heterocycles. The van der Waals surface area contributed by atoms with Crippen LogP contribution < -0.4 is 5.32 Å². The van der Waals surface area contributed by atoms with Crippen molar-refractivity contribution in [2.75, 3.05) is 19.8 Å². The van der Waals surface area contributed by atoms with Crippen molar-refractivity contribution in [3.8, 4) is 0 Å². The van der Waals surface area contributed by atoms with Crippen molar-refractivity contribution in [2.45, 2.75) is 39.4 Å². The lowest BCUT2D eigenvalue weighted by Crippen LogP contribution is -2.46. The summed E-state index contributed by atoms with van der Waals surface area (Å²) in [5, 5.41) is 2.61. The molecule has 6 heteroatoms. The number of hydrogen-bond acceptors (Lipinski definition) is 5. The fourth-order valence-electron chi connectivity index (χ4n) is 2.10. The number of Topliss-reactive ketones (excluding diaryl/α,β-unsaturated/α-hetero) is 1. The average Bonchev–Trinajstić information content (AvgIpc) is 2.53. The van der Waals surface area contributed by atoms with Gasteiger partial charge in [-0.05, 0) is 26.3 Å². The van der Waals surface area contributed by atoms with E-state index >= 15 is 0 Å². The zero-order valence-electron chi connectivity index (χ0n) is 13.4. The molecular formula is C16H24N2O4. The number of ketones is 1. The molecule has 0 spiro atoms. The number of pyridine rings is 1. The zero-order valence-corrected chi connectivity index (χ0v) is 13.4. The summed E-state index contributed by atoms with van der Waals surface area (Å²) in [6, 6.07) is 3.59. The van der Waals surface area contributed by atoms with Crippen molar-refractivity contribution in [1.82, 2.24) is 10.3 Å². The van der Waals surface area contributed by atoms with Crippen molar-refractivity contribution in [1.29, 1.82) is 0 Å². The molecule has 0 unspecified atom stereocenters. The Bertz CT molecular complexity index is 470. The number of carbonyl (C=O) groups is 2. The van der Waals surface area contributed by atoms with Crippen molar-refractivity contribution in [3.63, 3.8) is 0 Å². The van der Waals surface area contributed by atoms with Gasteiger partial charge >= 0.3 is 0 Å². The van der Waals surface area contributed by atoms with Crippen molar-refractivity contribution in [3.05, 3.63) is 30.1 Å². The quantitative estimate of drug-likeness (QED) is 0.527. The molecule has 0 aliphatic carbocycles. The third kappa shape index (κ3) is 4.89. The fraction of sp³-hybridized carbons (Fsp3) is 0.562. The van der Waals surface area contributed by atoms with E-state index in [2.05, 4.69) is 10.3 Å². The molecule has 0 atom stereocenters. The second-order valence-corrected chi connectivity index (χ2v) is 4.72. The Balaban J connectivity index is 2.91. The van der Waals surface area contributed by atoms with E-state index in [-0.39, 0.29) is 13.0 Å². The third-order valence-electron chi connectivity index (χ3n) is 3.07. The second-order valence-electron chi connectivity index (χ2n) is 4.72. The smallest absolute Gasteiger partial charge is 0.287 e. The van der Waals surface area contributed by atoms with E-state index in [9.17, 15) is 9.59 Å². The topological polar surface area (TPSA) is 77.5 Å². The number of rotatable bonds is 10. The van der Waals surface area contributed by atoms with Gasteiger partial charge in [0.2, 0.25) is 11.6 Å². The van der Waals surface area contributed by atoms with Crippen LogP contribution in [0.15, 0.2) is 24.5 Å². The third-order valence-corrected chi connectivity index (χ3v) is 3.07. The van der Waals surface area contributed by atoms with Crippen molar-refractivity contribution >= 4 is 11.7 Å². The zero-order chi connectivity index (χ0) is 16.4. The number of amides is 1. The summed E-state index contributed by atoms with van der Waals surface area (Å²) in [7, 11) is 0. The van der Waals surface area contributed by atoms with Crippen LogP contribution in [0.25, 0.3) is 0 Å². The van der Waals surface area contributed by atoms with E-state index in [1.54, 1.807) is 18.5 Å². The lowest BCUT2D eigenvalue weighted by atomic mass is 10.1. The van der Waals surface area contributed by atoms with Crippen LogP contribution in [0, 0.1) is 0 Å². The Morgan fingerprint density at radius 3 is 2.41 bits per heavy atom. The van der Waals surface area contributed by atoms with Gasteiger partial charge in [0, 0.05) is 37.6 Å². The van der Waals surface area contributed by atoms with Crippen LogP contribution in [0.2, 0.25) is 0 Å². The normalized spacial score (nSPS) is 11.2.